The Labute approximate surface area is 109 Å². The van der Waals surface area contributed by atoms with E-state index in [2.05, 4.69) is 19.1 Å². The van der Waals surface area contributed by atoms with Gasteiger partial charge in [-0.15, -0.1) is 0 Å². The summed E-state index contributed by atoms with van der Waals surface area (Å²) in [5.41, 5.74) is 0.971. The molecule has 1 aliphatic carbocycles. The molecule has 0 amide bonds. The van der Waals surface area contributed by atoms with Gasteiger partial charge in [-0.2, -0.15) is 0 Å². The third-order valence-electron chi connectivity index (χ3n) is 3.15. The first kappa shape index (κ1) is 12.7. The zero-order valence-corrected chi connectivity index (χ0v) is 10.8. The number of unbranched alkanes of at least 4 members (excludes halogenated alkanes) is 1. The number of hydrogen-bond donors (Lipinski definition) is 1. The quantitative estimate of drug-likeness (QED) is 0.788. The summed E-state index contributed by atoms with van der Waals surface area (Å²) in [4.78, 5) is 0. The summed E-state index contributed by atoms with van der Waals surface area (Å²) in [6, 6.07) is 5.62. The van der Waals surface area contributed by atoms with Gasteiger partial charge >= 0.3 is 0 Å². The third kappa shape index (κ3) is 3.16. The second-order valence-corrected chi connectivity index (χ2v) is 4.58. The van der Waals surface area contributed by atoms with E-state index in [1.54, 1.807) is 6.07 Å². The molecule has 1 unspecified atom stereocenters. The highest BCUT2D eigenvalue weighted by Crippen LogP contribution is 2.33. The Balaban J connectivity index is 2.05. The van der Waals surface area contributed by atoms with Crippen LogP contribution in [0, 0.1) is 0 Å². The smallest absolute Gasteiger partial charge is 0.123 e. The van der Waals surface area contributed by atoms with Crippen molar-refractivity contribution >= 4 is 0 Å². The Morgan fingerprint density at radius 3 is 2.89 bits per heavy atom. The van der Waals surface area contributed by atoms with Gasteiger partial charge in [-0.25, -0.2) is 0 Å². The Morgan fingerprint density at radius 1 is 1.33 bits per heavy atom. The van der Waals surface area contributed by atoms with Gasteiger partial charge < -0.3 is 9.84 Å². The Morgan fingerprint density at radius 2 is 2.22 bits per heavy atom. The molecule has 1 atom stereocenters. The number of phenolic OH excluding ortho intramolecular Hbond substituents is 1. The molecule has 0 saturated carbocycles. The van der Waals surface area contributed by atoms with Crippen molar-refractivity contribution in [3.8, 4) is 11.5 Å². The summed E-state index contributed by atoms with van der Waals surface area (Å²) in [5.74, 6) is 1.36. The molecule has 1 aromatic rings. The molecule has 1 aliphatic rings. The molecule has 2 nitrogen and oxygen atoms in total. The molecule has 96 valence electrons. The first-order valence-electron chi connectivity index (χ1n) is 6.60. The average Bonchev–Trinajstić information content (AvgIpc) is 2.40. The van der Waals surface area contributed by atoms with Gasteiger partial charge in [0.2, 0.25) is 0 Å². The van der Waals surface area contributed by atoms with Crippen LogP contribution in [0.4, 0.5) is 0 Å². The highest BCUT2D eigenvalue weighted by Gasteiger charge is 2.13. The van der Waals surface area contributed by atoms with E-state index < -0.39 is 0 Å². The number of benzene rings is 1. The summed E-state index contributed by atoms with van der Waals surface area (Å²) >= 11 is 0. The van der Waals surface area contributed by atoms with Gasteiger partial charge in [-0.05, 0) is 18.9 Å². The second kappa shape index (κ2) is 6.29. The largest absolute Gasteiger partial charge is 0.508 e. The number of phenols is 1. The standard InChI is InChI=1S/C16H20O2/c1-2-3-11-18-14-9-10-15(16(17)12-14)13-7-5-4-6-8-13/h4-7,9-10,12-13,17H,2-3,8,11H2,1H3. The molecule has 0 fully saturated rings. The number of ether oxygens (including phenoxy) is 1. The molecular formula is C16H20O2. The topological polar surface area (TPSA) is 29.5 Å². The molecule has 0 spiro atoms. The number of aromatic hydroxyl groups is 1. The molecule has 1 N–H and O–H groups in total. The predicted molar refractivity (Wildman–Crippen MR) is 74.1 cm³/mol. The highest BCUT2D eigenvalue weighted by molar-refractivity contribution is 5.44. The lowest BCUT2D eigenvalue weighted by molar-refractivity contribution is 0.307. The van der Waals surface area contributed by atoms with Gasteiger partial charge in [0.15, 0.2) is 0 Å². The maximum atomic E-state index is 10.1. The third-order valence-corrected chi connectivity index (χ3v) is 3.15. The van der Waals surface area contributed by atoms with Gasteiger partial charge in [0.05, 0.1) is 6.61 Å². The van der Waals surface area contributed by atoms with E-state index in [4.69, 9.17) is 4.74 Å². The van der Waals surface area contributed by atoms with Crippen LogP contribution in [-0.4, -0.2) is 11.7 Å². The molecule has 1 aromatic carbocycles. The van der Waals surface area contributed by atoms with Crippen LogP contribution in [0.2, 0.25) is 0 Å². The molecular weight excluding hydrogens is 224 g/mol. The van der Waals surface area contributed by atoms with Crippen molar-refractivity contribution in [3.05, 3.63) is 48.1 Å². The minimum absolute atomic E-state index is 0.277. The van der Waals surface area contributed by atoms with Crippen molar-refractivity contribution < 1.29 is 9.84 Å². The normalized spacial score (nSPS) is 17.9. The van der Waals surface area contributed by atoms with Crippen LogP contribution < -0.4 is 4.74 Å². The lowest BCUT2D eigenvalue weighted by atomic mass is 9.92. The lowest BCUT2D eigenvalue weighted by Crippen LogP contribution is -1.99. The molecule has 18 heavy (non-hydrogen) atoms. The van der Waals surface area contributed by atoms with Crippen LogP contribution >= 0.6 is 0 Å². The minimum Gasteiger partial charge on any atom is -0.508 e. The van der Waals surface area contributed by atoms with E-state index in [0.29, 0.717) is 12.4 Å². The highest BCUT2D eigenvalue weighted by atomic mass is 16.5. The Bertz CT molecular complexity index is 446. The summed E-state index contributed by atoms with van der Waals surface area (Å²) in [6.07, 6.45) is 11.4. The van der Waals surface area contributed by atoms with E-state index in [9.17, 15) is 5.11 Å². The van der Waals surface area contributed by atoms with Gasteiger partial charge in [0, 0.05) is 17.5 Å². The maximum Gasteiger partial charge on any atom is 0.123 e. The summed E-state index contributed by atoms with van der Waals surface area (Å²) in [7, 11) is 0. The van der Waals surface area contributed by atoms with Gasteiger partial charge in [-0.1, -0.05) is 43.7 Å². The van der Waals surface area contributed by atoms with Gasteiger partial charge in [-0.3, -0.25) is 0 Å². The monoisotopic (exact) mass is 244 g/mol. The van der Waals surface area contributed by atoms with Crippen molar-refractivity contribution in [1.82, 2.24) is 0 Å². The summed E-state index contributed by atoms with van der Waals surface area (Å²) in [5, 5.41) is 10.1. The predicted octanol–water partition coefficient (Wildman–Crippen LogP) is 4.17. The first-order valence-corrected chi connectivity index (χ1v) is 6.60. The molecule has 0 saturated heterocycles. The number of allylic oxidation sites excluding steroid dienone is 4. The van der Waals surface area contributed by atoms with Crippen molar-refractivity contribution in [3.63, 3.8) is 0 Å². The van der Waals surface area contributed by atoms with Crippen LogP contribution in [0.3, 0.4) is 0 Å². The van der Waals surface area contributed by atoms with Crippen molar-refractivity contribution in [2.45, 2.75) is 32.1 Å². The van der Waals surface area contributed by atoms with E-state index in [-0.39, 0.29) is 5.92 Å². The fourth-order valence-corrected chi connectivity index (χ4v) is 2.07. The van der Waals surface area contributed by atoms with E-state index in [0.717, 1.165) is 30.6 Å². The molecule has 0 aliphatic heterocycles. The Hall–Kier alpha value is -1.70. The van der Waals surface area contributed by atoms with Crippen LogP contribution in [0.5, 0.6) is 11.5 Å². The van der Waals surface area contributed by atoms with Crippen LogP contribution in [0.25, 0.3) is 0 Å². The number of hydrogen-bond acceptors (Lipinski definition) is 2. The van der Waals surface area contributed by atoms with Gasteiger partial charge in [0.1, 0.15) is 11.5 Å². The molecule has 2 heteroatoms. The zero-order valence-electron chi connectivity index (χ0n) is 10.8. The number of rotatable bonds is 5. The van der Waals surface area contributed by atoms with E-state index in [1.165, 1.54) is 0 Å². The SMILES string of the molecule is CCCCOc1ccc(C2C=CC=CC2)c(O)c1. The van der Waals surface area contributed by atoms with Gasteiger partial charge in [0.25, 0.3) is 0 Å². The second-order valence-electron chi connectivity index (χ2n) is 4.58. The van der Waals surface area contributed by atoms with Crippen LogP contribution in [-0.2, 0) is 0 Å². The lowest BCUT2D eigenvalue weighted by Gasteiger charge is -2.16. The molecule has 0 heterocycles. The summed E-state index contributed by atoms with van der Waals surface area (Å²) < 4.78 is 5.58. The average molecular weight is 244 g/mol. The van der Waals surface area contributed by atoms with E-state index >= 15 is 0 Å². The molecule has 0 radical (unpaired) electrons. The zero-order chi connectivity index (χ0) is 12.8. The maximum absolute atomic E-state index is 10.1. The first-order chi connectivity index (χ1) is 8.81. The van der Waals surface area contributed by atoms with E-state index in [1.807, 2.05) is 24.3 Å². The molecule has 0 aromatic heterocycles. The van der Waals surface area contributed by atoms with Crippen molar-refractivity contribution in [2.75, 3.05) is 6.61 Å². The fraction of sp³-hybridized carbons (Fsp3) is 0.375. The van der Waals surface area contributed by atoms with Crippen LogP contribution in [0.1, 0.15) is 37.7 Å². The summed E-state index contributed by atoms with van der Waals surface area (Å²) in [6.45, 7) is 2.84. The Kier molecular flexibility index (Phi) is 4.46. The molecule has 0 bridgehead atoms. The van der Waals surface area contributed by atoms with Crippen molar-refractivity contribution in [1.29, 1.82) is 0 Å². The molecule has 2 rings (SSSR count). The van der Waals surface area contributed by atoms with Crippen molar-refractivity contribution in [2.24, 2.45) is 0 Å². The minimum atomic E-state index is 0.277. The van der Waals surface area contributed by atoms with Crippen LogP contribution in [0.15, 0.2) is 42.5 Å². The fourth-order valence-electron chi connectivity index (χ4n) is 2.07.